The lowest BCUT2D eigenvalue weighted by atomic mass is 10.2. The maximum absolute atomic E-state index is 12.3. The van der Waals surface area contributed by atoms with Crippen molar-refractivity contribution in [1.82, 2.24) is 9.88 Å². The maximum Gasteiger partial charge on any atom is 0.348 e. The number of thiophene rings is 1. The summed E-state index contributed by atoms with van der Waals surface area (Å²) in [6, 6.07) is 9.69. The predicted octanol–water partition coefficient (Wildman–Crippen LogP) is 4.04. The lowest BCUT2D eigenvalue weighted by molar-refractivity contribution is -0.133. The third kappa shape index (κ3) is 4.11. The molecule has 0 N–H and O–H groups in total. The molecule has 1 amide bonds. The van der Waals surface area contributed by atoms with Crippen LogP contribution in [0.5, 0.6) is 0 Å². The first kappa shape index (κ1) is 18.5. The van der Waals surface area contributed by atoms with E-state index in [0.717, 1.165) is 32.1 Å². The normalized spacial score (nSPS) is 10.9. The summed E-state index contributed by atoms with van der Waals surface area (Å²) in [4.78, 5) is 32.1. The number of thiazole rings is 1. The molecule has 7 heteroatoms. The molecule has 0 aliphatic rings. The zero-order valence-corrected chi connectivity index (χ0v) is 16.6. The Morgan fingerprint density at radius 2 is 2.00 bits per heavy atom. The van der Waals surface area contributed by atoms with E-state index in [1.807, 2.05) is 37.3 Å². The number of fused-ring (bicyclic) bond motifs is 1. The predicted molar refractivity (Wildman–Crippen MR) is 105 cm³/mol. The largest absolute Gasteiger partial charge is 0.451 e. The van der Waals surface area contributed by atoms with Gasteiger partial charge in [0.15, 0.2) is 6.61 Å². The number of aryl methyl sites for hydroxylation is 2. The number of nitrogens with zero attached hydrogens (tertiary/aromatic N) is 2. The molecule has 0 saturated heterocycles. The zero-order chi connectivity index (χ0) is 18.7. The standard InChI is InChI=1S/C19H20N2O3S2/c1-4-14-12(2)9-16(25-14)19(23)24-11-18(22)21(3)10-17-20-13-7-5-6-8-15(13)26-17/h5-9H,4,10-11H2,1-3H3. The van der Waals surface area contributed by atoms with Crippen LogP contribution in [-0.4, -0.2) is 35.4 Å². The van der Waals surface area contributed by atoms with E-state index in [4.69, 9.17) is 4.74 Å². The second-order valence-corrected chi connectivity index (χ2v) is 8.22. The van der Waals surface area contributed by atoms with Crippen molar-refractivity contribution in [2.75, 3.05) is 13.7 Å². The van der Waals surface area contributed by atoms with Gasteiger partial charge < -0.3 is 9.64 Å². The van der Waals surface area contributed by atoms with E-state index in [-0.39, 0.29) is 12.5 Å². The highest BCUT2D eigenvalue weighted by atomic mass is 32.1. The highest BCUT2D eigenvalue weighted by molar-refractivity contribution is 7.18. The van der Waals surface area contributed by atoms with Crippen LogP contribution < -0.4 is 0 Å². The van der Waals surface area contributed by atoms with Crippen molar-refractivity contribution in [2.45, 2.75) is 26.8 Å². The first-order valence-corrected chi connectivity index (χ1v) is 9.96. The van der Waals surface area contributed by atoms with Crippen LogP contribution in [0.15, 0.2) is 30.3 Å². The average molecular weight is 389 g/mol. The van der Waals surface area contributed by atoms with Crippen LogP contribution in [0, 0.1) is 6.92 Å². The number of amides is 1. The molecule has 1 aromatic carbocycles. The van der Waals surface area contributed by atoms with Crippen molar-refractivity contribution < 1.29 is 14.3 Å². The van der Waals surface area contributed by atoms with Crippen LogP contribution in [0.3, 0.4) is 0 Å². The second-order valence-electron chi connectivity index (χ2n) is 5.97. The van der Waals surface area contributed by atoms with Gasteiger partial charge in [0.05, 0.1) is 16.8 Å². The zero-order valence-electron chi connectivity index (χ0n) is 14.9. The minimum Gasteiger partial charge on any atom is -0.451 e. The van der Waals surface area contributed by atoms with E-state index in [1.165, 1.54) is 16.2 Å². The van der Waals surface area contributed by atoms with Crippen molar-refractivity contribution in [3.8, 4) is 0 Å². The minimum atomic E-state index is -0.445. The minimum absolute atomic E-state index is 0.249. The summed E-state index contributed by atoms with van der Waals surface area (Å²) >= 11 is 2.98. The summed E-state index contributed by atoms with van der Waals surface area (Å²) in [7, 11) is 1.69. The highest BCUT2D eigenvalue weighted by Gasteiger charge is 2.17. The van der Waals surface area contributed by atoms with Crippen LogP contribution in [-0.2, 0) is 22.5 Å². The molecule has 136 valence electrons. The number of benzene rings is 1. The number of hydrogen-bond acceptors (Lipinski definition) is 6. The Morgan fingerprint density at radius 3 is 2.69 bits per heavy atom. The fraction of sp³-hybridized carbons (Fsp3) is 0.316. The van der Waals surface area contributed by atoms with Crippen molar-refractivity contribution in [2.24, 2.45) is 0 Å². The van der Waals surface area contributed by atoms with Gasteiger partial charge in [0.1, 0.15) is 9.88 Å². The second kappa shape index (κ2) is 7.97. The third-order valence-corrected chi connectivity index (χ3v) is 6.39. The maximum atomic E-state index is 12.3. The van der Waals surface area contributed by atoms with E-state index in [0.29, 0.717) is 11.4 Å². The van der Waals surface area contributed by atoms with E-state index in [1.54, 1.807) is 18.4 Å². The average Bonchev–Trinajstić information content (AvgIpc) is 3.21. The summed E-state index contributed by atoms with van der Waals surface area (Å²) in [6.07, 6.45) is 0.883. The van der Waals surface area contributed by atoms with E-state index < -0.39 is 5.97 Å². The van der Waals surface area contributed by atoms with E-state index >= 15 is 0 Å². The van der Waals surface area contributed by atoms with Crippen molar-refractivity contribution in [3.05, 3.63) is 50.7 Å². The molecule has 0 aliphatic heterocycles. The fourth-order valence-electron chi connectivity index (χ4n) is 2.56. The van der Waals surface area contributed by atoms with E-state index in [2.05, 4.69) is 11.9 Å². The number of aromatic nitrogens is 1. The van der Waals surface area contributed by atoms with Gasteiger partial charge in [-0.05, 0) is 37.1 Å². The third-order valence-electron chi connectivity index (χ3n) is 4.01. The van der Waals surface area contributed by atoms with Gasteiger partial charge in [0.25, 0.3) is 5.91 Å². The van der Waals surface area contributed by atoms with Crippen molar-refractivity contribution >= 4 is 44.8 Å². The Labute approximate surface area is 160 Å². The van der Waals surface area contributed by atoms with Crippen LogP contribution in [0.25, 0.3) is 10.2 Å². The quantitative estimate of drug-likeness (QED) is 0.598. The number of carbonyl (C=O) groups is 2. The fourth-order valence-corrected chi connectivity index (χ4v) is 4.59. The van der Waals surface area contributed by atoms with Crippen LogP contribution in [0.2, 0.25) is 0 Å². The summed E-state index contributed by atoms with van der Waals surface area (Å²) < 4.78 is 6.28. The highest BCUT2D eigenvalue weighted by Crippen LogP contribution is 2.24. The Balaban J connectivity index is 1.55. The number of para-hydroxylation sites is 1. The molecule has 0 atom stereocenters. The summed E-state index contributed by atoms with van der Waals surface area (Å²) in [5.41, 5.74) is 2.02. The van der Waals surface area contributed by atoms with E-state index in [9.17, 15) is 9.59 Å². The molecule has 0 saturated carbocycles. The van der Waals surface area contributed by atoms with Crippen LogP contribution in [0.4, 0.5) is 0 Å². The van der Waals surface area contributed by atoms with Crippen molar-refractivity contribution in [1.29, 1.82) is 0 Å². The number of hydrogen-bond donors (Lipinski definition) is 0. The van der Waals surface area contributed by atoms with Gasteiger partial charge in [0.2, 0.25) is 0 Å². The van der Waals surface area contributed by atoms with Crippen LogP contribution >= 0.6 is 22.7 Å². The molecule has 26 heavy (non-hydrogen) atoms. The number of carbonyl (C=O) groups excluding carboxylic acids is 2. The molecule has 3 aromatic rings. The number of ether oxygens (including phenoxy) is 1. The van der Waals surface area contributed by atoms with Gasteiger partial charge in [-0.3, -0.25) is 4.79 Å². The van der Waals surface area contributed by atoms with Gasteiger partial charge in [-0.1, -0.05) is 19.1 Å². The Hall–Kier alpha value is -2.25. The van der Waals surface area contributed by atoms with Gasteiger partial charge in [-0.15, -0.1) is 22.7 Å². The first-order valence-electron chi connectivity index (χ1n) is 8.32. The summed E-state index contributed by atoms with van der Waals surface area (Å²) in [5, 5.41) is 0.856. The van der Waals surface area contributed by atoms with Gasteiger partial charge in [-0.25, -0.2) is 9.78 Å². The Bertz CT molecular complexity index is 912. The van der Waals surface area contributed by atoms with Gasteiger partial charge in [-0.2, -0.15) is 0 Å². The lowest BCUT2D eigenvalue weighted by Gasteiger charge is -2.15. The summed E-state index contributed by atoms with van der Waals surface area (Å²) in [6.45, 7) is 4.16. The molecule has 0 unspecified atom stereocenters. The molecule has 2 aromatic heterocycles. The Kier molecular flexibility index (Phi) is 5.68. The number of rotatable bonds is 6. The Morgan fingerprint density at radius 1 is 1.23 bits per heavy atom. The molecular weight excluding hydrogens is 368 g/mol. The number of likely N-dealkylation sites (N-methyl/N-ethyl adjacent to an activating group) is 1. The first-order chi connectivity index (χ1) is 12.5. The molecule has 0 aliphatic carbocycles. The molecule has 0 bridgehead atoms. The van der Waals surface area contributed by atoms with Gasteiger partial charge >= 0.3 is 5.97 Å². The molecule has 5 nitrogen and oxygen atoms in total. The van der Waals surface area contributed by atoms with Crippen LogP contribution in [0.1, 0.15) is 32.0 Å². The molecule has 0 radical (unpaired) electrons. The molecule has 0 spiro atoms. The topological polar surface area (TPSA) is 59.5 Å². The molecule has 3 rings (SSSR count). The molecular formula is C19H20N2O3S2. The summed E-state index contributed by atoms with van der Waals surface area (Å²) in [5.74, 6) is -0.693. The molecule has 0 fully saturated rings. The van der Waals surface area contributed by atoms with Crippen molar-refractivity contribution in [3.63, 3.8) is 0 Å². The SMILES string of the molecule is CCc1sc(C(=O)OCC(=O)N(C)Cc2nc3ccccc3s2)cc1C. The monoisotopic (exact) mass is 388 g/mol. The smallest absolute Gasteiger partial charge is 0.348 e. The van der Waals surface area contributed by atoms with Gasteiger partial charge in [0, 0.05) is 11.9 Å². The molecule has 2 heterocycles. The lowest BCUT2D eigenvalue weighted by Crippen LogP contribution is -2.30. The number of esters is 1.